The summed E-state index contributed by atoms with van der Waals surface area (Å²) in [4.78, 5) is 7.25. The predicted octanol–water partition coefficient (Wildman–Crippen LogP) is 2.59. The summed E-state index contributed by atoms with van der Waals surface area (Å²) in [5, 5.41) is 3.36. The normalized spacial score (nSPS) is 25.1. The Bertz CT molecular complexity index is 434. The van der Waals surface area contributed by atoms with Crippen LogP contribution < -0.4 is 10.2 Å². The molecule has 4 nitrogen and oxygen atoms in total. The van der Waals surface area contributed by atoms with Crippen molar-refractivity contribution >= 4 is 5.82 Å². The van der Waals surface area contributed by atoms with Gasteiger partial charge < -0.3 is 15.0 Å². The third-order valence-corrected chi connectivity index (χ3v) is 4.93. The minimum absolute atomic E-state index is 0.747. The van der Waals surface area contributed by atoms with E-state index in [1.807, 2.05) is 6.20 Å². The fraction of sp³-hybridized carbons (Fsp3) is 0.706. The number of nitrogens with zero attached hydrogens (tertiary/aromatic N) is 2. The van der Waals surface area contributed by atoms with Crippen molar-refractivity contribution in [3.8, 4) is 0 Å². The second-order valence-corrected chi connectivity index (χ2v) is 6.29. The van der Waals surface area contributed by atoms with Crippen LogP contribution in [0.1, 0.15) is 37.7 Å². The molecule has 2 atom stereocenters. The third kappa shape index (κ3) is 3.55. The number of aromatic nitrogens is 1. The zero-order valence-corrected chi connectivity index (χ0v) is 13.1. The molecule has 2 heterocycles. The van der Waals surface area contributed by atoms with Crippen molar-refractivity contribution in [2.24, 2.45) is 5.92 Å². The quantitative estimate of drug-likeness (QED) is 0.817. The molecule has 2 aliphatic rings. The standard InChI is InChI=1S/C17H27N3O/c1-21-11-9-18-12-14-6-7-17(19-13-14)20-10-8-15-4-2-3-5-16(15)20/h6-7,13,15-16,18H,2-5,8-12H2,1H3. The zero-order valence-electron chi connectivity index (χ0n) is 13.1. The first-order chi connectivity index (χ1) is 10.4. The third-order valence-electron chi connectivity index (χ3n) is 4.93. The number of hydrogen-bond acceptors (Lipinski definition) is 4. The first-order valence-electron chi connectivity index (χ1n) is 8.29. The van der Waals surface area contributed by atoms with Crippen LogP contribution in [0.5, 0.6) is 0 Å². The van der Waals surface area contributed by atoms with E-state index in [1.54, 1.807) is 7.11 Å². The smallest absolute Gasteiger partial charge is 0.128 e. The van der Waals surface area contributed by atoms with E-state index in [9.17, 15) is 0 Å². The van der Waals surface area contributed by atoms with Crippen molar-refractivity contribution in [1.82, 2.24) is 10.3 Å². The van der Waals surface area contributed by atoms with E-state index in [1.165, 1.54) is 50.0 Å². The van der Waals surface area contributed by atoms with Gasteiger partial charge in [-0.25, -0.2) is 4.98 Å². The van der Waals surface area contributed by atoms with E-state index in [4.69, 9.17) is 9.72 Å². The molecule has 1 saturated carbocycles. The Balaban J connectivity index is 1.56. The van der Waals surface area contributed by atoms with Crippen molar-refractivity contribution in [1.29, 1.82) is 0 Å². The lowest BCUT2D eigenvalue weighted by Gasteiger charge is -2.32. The number of anilines is 1. The van der Waals surface area contributed by atoms with Gasteiger partial charge in [0.2, 0.25) is 0 Å². The fourth-order valence-electron chi connectivity index (χ4n) is 3.79. The lowest BCUT2D eigenvalue weighted by atomic mass is 9.85. The van der Waals surface area contributed by atoms with Crippen molar-refractivity contribution in [2.45, 2.75) is 44.7 Å². The van der Waals surface area contributed by atoms with E-state index in [-0.39, 0.29) is 0 Å². The number of rotatable bonds is 6. The highest BCUT2D eigenvalue weighted by molar-refractivity contribution is 5.42. The lowest BCUT2D eigenvalue weighted by Crippen LogP contribution is -2.35. The van der Waals surface area contributed by atoms with E-state index < -0.39 is 0 Å². The summed E-state index contributed by atoms with van der Waals surface area (Å²) in [5.41, 5.74) is 1.24. The fourth-order valence-corrected chi connectivity index (χ4v) is 3.79. The molecule has 1 aliphatic heterocycles. The van der Waals surface area contributed by atoms with Gasteiger partial charge in [0.25, 0.3) is 0 Å². The van der Waals surface area contributed by atoms with Gasteiger partial charge in [-0.1, -0.05) is 18.9 Å². The highest BCUT2D eigenvalue weighted by Gasteiger charge is 2.36. The molecule has 1 aromatic rings. The number of pyridine rings is 1. The number of fused-ring (bicyclic) bond motifs is 1. The number of nitrogens with one attached hydrogen (secondary N) is 1. The van der Waals surface area contributed by atoms with Crippen LogP contribution >= 0.6 is 0 Å². The highest BCUT2D eigenvalue weighted by atomic mass is 16.5. The summed E-state index contributed by atoms with van der Waals surface area (Å²) >= 11 is 0. The molecule has 0 amide bonds. The molecule has 2 fully saturated rings. The van der Waals surface area contributed by atoms with Gasteiger partial charge in [0.05, 0.1) is 6.61 Å². The van der Waals surface area contributed by atoms with Gasteiger partial charge >= 0.3 is 0 Å². The molecule has 4 heteroatoms. The number of ether oxygens (including phenoxy) is 1. The first kappa shape index (κ1) is 14.8. The Morgan fingerprint density at radius 2 is 2.19 bits per heavy atom. The van der Waals surface area contributed by atoms with Gasteiger partial charge in [-0.05, 0) is 36.8 Å². The van der Waals surface area contributed by atoms with Crippen molar-refractivity contribution in [3.05, 3.63) is 23.9 Å². The molecule has 0 spiro atoms. The Kier molecular flexibility index (Phi) is 5.09. The van der Waals surface area contributed by atoms with E-state index in [0.717, 1.165) is 31.7 Å². The van der Waals surface area contributed by atoms with Crippen molar-refractivity contribution in [2.75, 3.05) is 31.7 Å². The maximum Gasteiger partial charge on any atom is 0.128 e. The average molecular weight is 289 g/mol. The van der Waals surface area contributed by atoms with Gasteiger partial charge in [-0.2, -0.15) is 0 Å². The van der Waals surface area contributed by atoms with Crippen LogP contribution in [-0.2, 0) is 11.3 Å². The summed E-state index contributed by atoms with van der Waals surface area (Å²) in [7, 11) is 1.73. The van der Waals surface area contributed by atoms with Gasteiger partial charge in [0.1, 0.15) is 5.82 Å². The summed E-state index contributed by atoms with van der Waals surface area (Å²) in [6, 6.07) is 5.15. The Morgan fingerprint density at radius 3 is 3.00 bits per heavy atom. The van der Waals surface area contributed by atoms with Crippen molar-refractivity contribution in [3.63, 3.8) is 0 Å². The van der Waals surface area contributed by atoms with Gasteiger partial charge in [-0.15, -0.1) is 0 Å². The molecular formula is C17H27N3O. The number of methoxy groups -OCH3 is 1. The van der Waals surface area contributed by atoms with Crippen LogP contribution in [0.2, 0.25) is 0 Å². The maximum atomic E-state index is 5.03. The van der Waals surface area contributed by atoms with Crippen LogP contribution in [-0.4, -0.2) is 37.8 Å². The molecule has 1 aliphatic carbocycles. The molecule has 21 heavy (non-hydrogen) atoms. The van der Waals surface area contributed by atoms with Gasteiger partial charge in [-0.3, -0.25) is 0 Å². The zero-order chi connectivity index (χ0) is 14.5. The molecule has 0 radical (unpaired) electrons. The van der Waals surface area contributed by atoms with E-state index in [2.05, 4.69) is 22.3 Å². The Labute approximate surface area is 127 Å². The van der Waals surface area contributed by atoms with Gasteiger partial charge in [0, 0.05) is 39.0 Å². The van der Waals surface area contributed by atoms with Crippen LogP contribution in [0.4, 0.5) is 5.82 Å². The summed E-state index contributed by atoms with van der Waals surface area (Å²) < 4.78 is 5.03. The van der Waals surface area contributed by atoms with E-state index in [0.29, 0.717) is 0 Å². The minimum Gasteiger partial charge on any atom is -0.383 e. The molecule has 2 unspecified atom stereocenters. The predicted molar refractivity (Wildman–Crippen MR) is 85.5 cm³/mol. The molecule has 1 N–H and O–H groups in total. The molecule has 1 saturated heterocycles. The summed E-state index contributed by atoms with van der Waals surface area (Å²) in [6.07, 6.45) is 8.96. The topological polar surface area (TPSA) is 37.4 Å². The van der Waals surface area contributed by atoms with Gasteiger partial charge in [0.15, 0.2) is 0 Å². The average Bonchev–Trinajstić information content (AvgIpc) is 2.96. The maximum absolute atomic E-state index is 5.03. The summed E-state index contributed by atoms with van der Waals surface area (Å²) in [6.45, 7) is 3.69. The molecule has 3 rings (SSSR count). The van der Waals surface area contributed by atoms with Crippen LogP contribution in [0, 0.1) is 5.92 Å². The SMILES string of the molecule is COCCNCc1ccc(N2CCC3CCCCC32)nc1. The summed E-state index contributed by atoms with van der Waals surface area (Å²) in [5.74, 6) is 2.08. The second kappa shape index (κ2) is 7.23. The Hall–Kier alpha value is -1.13. The first-order valence-corrected chi connectivity index (χ1v) is 8.29. The second-order valence-electron chi connectivity index (χ2n) is 6.29. The van der Waals surface area contributed by atoms with Crippen LogP contribution in [0.3, 0.4) is 0 Å². The van der Waals surface area contributed by atoms with Crippen molar-refractivity contribution < 1.29 is 4.74 Å². The Morgan fingerprint density at radius 1 is 1.29 bits per heavy atom. The molecule has 1 aromatic heterocycles. The minimum atomic E-state index is 0.747. The van der Waals surface area contributed by atoms with Crippen LogP contribution in [0.25, 0.3) is 0 Å². The monoisotopic (exact) mass is 289 g/mol. The largest absolute Gasteiger partial charge is 0.383 e. The number of hydrogen-bond donors (Lipinski definition) is 1. The molecular weight excluding hydrogens is 262 g/mol. The lowest BCUT2D eigenvalue weighted by molar-refractivity contribution is 0.199. The van der Waals surface area contributed by atoms with E-state index >= 15 is 0 Å². The molecule has 0 bridgehead atoms. The molecule has 0 aromatic carbocycles. The van der Waals surface area contributed by atoms with Crippen LogP contribution in [0.15, 0.2) is 18.3 Å². The highest BCUT2D eigenvalue weighted by Crippen LogP contribution is 2.38. The molecule has 116 valence electrons.